The Bertz CT molecular complexity index is 1250. The molecule has 1 aliphatic carbocycles. The van der Waals surface area contributed by atoms with E-state index in [0.29, 0.717) is 0 Å². The Labute approximate surface area is 215 Å². The summed E-state index contributed by atoms with van der Waals surface area (Å²) in [6, 6.07) is 39.9. The van der Waals surface area contributed by atoms with Gasteiger partial charge in [0.05, 0.1) is 0 Å². The SMILES string of the molecule is Cc1ccccc1Pc1cc2ccccc2[cH-]1.[F-].[F-].[Zr+4].[c-]1cccc2c1Cc1ccccc1-2. The molecule has 0 aromatic heterocycles. The summed E-state index contributed by atoms with van der Waals surface area (Å²) in [5.74, 6) is 0. The zero-order valence-electron chi connectivity index (χ0n) is 18.3. The Balaban J connectivity index is 0.000000220. The van der Waals surface area contributed by atoms with Gasteiger partial charge in [0, 0.05) is 0 Å². The van der Waals surface area contributed by atoms with Gasteiger partial charge in [-0.1, -0.05) is 74.3 Å². The minimum atomic E-state index is 0. The molecule has 1 unspecified atom stereocenters. The van der Waals surface area contributed by atoms with Gasteiger partial charge in [-0.25, -0.2) is 0 Å². The quantitative estimate of drug-likeness (QED) is 0.226. The molecule has 162 valence electrons. The molecule has 0 fully saturated rings. The van der Waals surface area contributed by atoms with Crippen LogP contribution < -0.4 is 20.0 Å². The van der Waals surface area contributed by atoms with Crippen LogP contribution >= 0.6 is 8.58 Å². The molecular weight excluding hydrogens is 509 g/mol. The van der Waals surface area contributed by atoms with Gasteiger partial charge in [-0.05, 0) is 24.2 Å². The fourth-order valence-electron chi connectivity index (χ4n) is 4.09. The number of halogens is 2. The van der Waals surface area contributed by atoms with E-state index in [1.165, 1.54) is 49.2 Å². The molecule has 5 aromatic carbocycles. The first-order valence-corrected chi connectivity index (χ1v) is 11.3. The van der Waals surface area contributed by atoms with E-state index in [-0.39, 0.29) is 35.6 Å². The molecule has 0 nitrogen and oxygen atoms in total. The molecule has 6 rings (SSSR count). The molecular formula is C29H23F2PZr. The molecule has 0 aliphatic heterocycles. The number of benzene rings is 4. The molecule has 0 spiro atoms. The minimum Gasteiger partial charge on any atom is -1.00 e. The Morgan fingerprint density at radius 2 is 1.48 bits per heavy atom. The second kappa shape index (κ2) is 12.2. The van der Waals surface area contributed by atoms with Crippen molar-refractivity contribution in [2.24, 2.45) is 0 Å². The van der Waals surface area contributed by atoms with Crippen LogP contribution in [0.2, 0.25) is 0 Å². The normalized spacial score (nSPS) is 10.8. The first-order chi connectivity index (χ1) is 14.8. The molecule has 1 atom stereocenters. The molecule has 4 heteroatoms. The molecule has 33 heavy (non-hydrogen) atoms. The summed E-state index contributed by atoms with van der Waals surface area (Å²) in [5.41, 5.74) is 6.90. The second-order valence-corrected chi connectivity index (χ2v) is 9.08. The Morgan fingerprint density at radius 1 is 0.788 bits per heavy atom. The van der Waals surface area contributed by atoms with Gasteiger partial charge in [0.15, 0.2) is 0 Å². The van der Waals surface area contributed by atoms with Crippen molar-refractivity contribution in [1.29, 1.82) is 0 Å². The number of hydrogen-bond acceptors (Lipinski definition) is 0. The van der Waals surface area contributed by atoms with Gasteiger partial charge < -0.3 is 9.41 Å². The zero-order valence-corrected chi connectivity index (χ0v) is 21.7. The van der Waals surface area contributed by atoms with Gasteiger partial charge in [0.25, 0.3) is 0 Å². The third-order valence-electron chi connectivity index (χ3n) is 5.66. The average molecular weight is 532 g/mol. The van der Waals surface area contributed by atoms with Crippen LogP contribution in [0.15, 0.2) is 103 Å². The molecule has 0 saturated heterocycles. The fourth-order valence-corrected chi connectivity index (χ4v) is 5.32. The van der Waals surface area contributed by atoms with Gasteiger partial charge in [-0.2, -0.15) is 35.9 Å². The number of fused-ring (bicyclic) bond motifs is 4. The van der Waals surface area contributed by atoms with Crippen LogP contribution in [0.3, 0.4) is 0 Å². The summed E-state index contributed by atoms with van der Waals surface area (Å²) in [6.07, 6.45) is 1.05. The van der Waals surface area contributed by atoms with Crippen LogP contribution in [-0.4, -0.2) is 0 Å². The van der Waals surface area contributed by atoms with Crippen LogP contribution in [0.25, 0.3) is 21.9 Å². The Morgan fingerprint density at radius 3 is 2.30 bits per heavy atom. The predicted molar refractivity (Wildman–Crippen MR) is 132 cm³/mol. The van der Waals surface area contributed by atoms with E-state index in [9.17, 15) is 0 Å². The standard InChI is InChI=1S/C16H14P.C13H9.2FH.Zr/c1-12-6-2-5-9-16(12)17-15-10-13-7-3-4-8-14(13)11-15;1-3-7-12-10(5-1)9-11-6-2-4-8-13(11)12;;;/h2-11,17H,1H3;1-5,7-8H,9H2;2*1H;/q2*-1;;;+4/p-2. The van der Waals surface area contributed by atoms with Gasteiger partial charge in [0.1, 0.15) is 0 Å². The van der Waals surface area contributed by atoms with Crippen molar-refractivity contribution in [3.05, 3.63) is 126 Å². The van der Waals surface area contributed by atoms with Crippen molar-refractivity contribution in [2.45, 2.75) is 13.3 Å². The van der Waals surface area contributed by atoms with Crippen LogP contribution in [-0.2, 0) is 32.6 Å². The topological polar surface area (TPSA) is 0 Å². The molecule has 0 N–H and O–H groups in total. The smallest absolute Gasteiger partial charge is 1.00 e. The van der Waals surface area contributed by atoms with E-state index in [1.54, 1.807) is 0 Å². The van der Waals surface area contributed by atoms with Crippen molar-refractivity contribution in [3.8, 4) is 11.1 Å². The first kappa shape index (κ1) is 26.9. The summed E-state index contributed by atoms with van der Waals surface area (Å²) in [7, 11) is 0.759. The minimum absolute atomic E-state index is 0. The third kappa shape index (κ3) is 5.97. The van der Waals surface area contributed by atoms with Crippen LogP contribution in [0, 0.1) is 13.0 Å². The summed E-state index contributed by atoms with van der Waals surface area (Å²) in [6.45, 7) is 2.19. The largest absolute Gasteiger partial charge is 4.00 e. The van der Waals surface area contributed by atoms with Crippen molar-refractivity contribution in [2.75, 3.05) is 0 Å². The van der Waals surface area contributed by atoms with Crippen LogP contribution in [0.1, 0.15) is 16.7 Å². The Kier molecular flexibility index (Phi) is 9.96. The Hall–Kier alpha value is -2.34. The summed E-state index contributed by atoms with van der Waals surface area (Å²) < 4.78 is 0. The molecule has 0 bridgehead atoms. The maximum Gasteiger partial charge on any atom is 4.00 e. The van der Waals surface area contributed by atoms with E-state index in [4.69, 9.17) is 0 Å². The summed E-state index contributed by atoms with van der Waals surface area (Å²) >= 11 is 0. The van der Waals surface area contributed by atoms with Crippen molar-refractivity contribution in [3.63, 3.8) is 0 Å². The van der Waals surface area contributed by atoms with Crippen molar-refractivity contribution >= 4 is 30.0 Å². The van der Waals surface area contributed by atoms with Crippen molar-refractivity contribution in [1.82, 2.24) is 0 Å². The maximum absolute atomic E-state index is 3.30. The fraction of sp³-hybridized carbons (Fsp3) is 0.0690. The molecule has 1 aliphatic rings. The van der Waals surface area contributed by atoms with Crippen LogP contribution in [0.5, 0.6) is 0 Å². The number of aryl methyl sites for hydroxylation is 1. The number of hydrogen-bond donors (Lipinski definition) is 0. The third-order valence-corrected chi connectivity index (χ3v) is 7.07. The monoisotopic (exact) mass is 530 g/mol. The molecule has 0 radical (unpaired) electrons. The maximum atomic E-state index is 3.30. The summed E-state index contributed by atoms with van der Waals surface area (Å²) in [4.78, 5) is 0. The second-order valence-electron chi connectivity index (χ2n) is 7.71. The van der Waals surface area contributed by atoms with Gasteiger partial charge in [-0.3, -0.25) is 0 Å². The average Bonchev–Trinajstić information content (AvgIpc) is 3.36. The van der Waals surface area contributed by atoms with E-state index in [1.807, 2.05) is 6.07 Å². The summed E-state index contributed by atoms with van der Waals surface area (Å²) in [5, 5.41) is 5.58. The number of rotatable bonds is 2. The van der Waals surface area contributed by atoms with E-state index < -0.39 is 0 Å². The van der Waals surface area contributed by atoms with E-state index >= 15 is 0 Å². The first-order valence-electron chi connectivity index (χ1n) is 10.3. The van der Waals surface area contributed by atoms with Gasteiger partial charge in [0.2, 0.25) is 0 Å². The molecule has 0 amide bonds. The van der Waals surface area contributed by atoms with Gasteiger partial charge >= 0.3 is 26.2 Å². The van der Waals surface area contributed by atoms with Gasteiger partial charge in [-0.15, -0.1) is 45.9 Å². The molecule has 0 saturated carbocycles. The zero-order chi connectivity index (χ0) is 20.3. The van der Waals surface area contributed by atoms with E-state index in [0.717, 1.165) is 15.0 Å². The van der Waals surface area contributed by atoms with Crippen molar-refractivity contribution < 1.29 is 35.6 Å². The van der Waals surface area contributed by atoms with Crippen LogP contribution in [0.4, 0.5) is 0 Å². The molecule has 0 heterocycles. The van der Waals surface area contributed by atoms with E-state index in [2.05, 4.69) is 110 Å². The predicted octanol–water partition coefficient (Wildman–Crippen LogP) is 0.560. The molecule has 5 aromatic rings.